The summed E-state index contributed by atoms with van der Waals surface area (Å²) in [5, 5.41) is 10.7. The number of ether oxygens (including phenoxy) is 2. The lowest BCUT2D eigenvalue weighted by Gasteiger charge is -2.23. The molecule has 0 atom stereocenters. The Bertz CT molecular complexity index is 922. The molecule has 8 nitrogen and oxygen atoms in total. The molecule has 0 unspecified atom stereocenters. The van der Waals surface area contributed by atoms with E-state index in [1.54, 1.807) is 17.5 Å². The lowest BCUT2D eigenvalue weighted by Crippen LogP contribution is -2.20. The monoisotopic (exact) mass is 417 g/mol. The maximum absolute atomic E-state index is 6.39. The van der Waals surface area contributed by atoms with Gasteiger partial charge >= 0.3 is 0 Å². The number of hydrogen-bond donors (Lipinski definition) is 2. The van der Waals surface area contributed by atoms with E-state index in [4.69, 9.17) is 24.0 Å². The van der Waals surface area contributed by atoms with Crippen molar-refractivity contribution in [1.29, 1.82) is 0 Å². The van der Waals surface area contributed by atoms with E-state index in [0.717, 1.165) is 41.8 Å². The number of fused-ring (bicyclic) bond motifs is 3. The standard InChI is InChI=1S/C18H20N4O3S.C2H7N/c1-2-4-12(5-3-1)25-16-15-13-6-7-23-10-14(13)26-17(15)22-18(21-16)20-11-8-19-24-9-11;1-3-2/h8-9,12H,1-7,10H2,(H,20,21,22);3H,1-2H3. The highest BCUT2D eigenvalue weighted by atomic mass is 32.1. The second-order valence-electron chi connectivity index (χ2n) is 7.25. The van der Waals surface area contributed by atoms with Gasteiger partial charge in [0.15, 0.2) is 0 Å². The molecule has 0 radical (unpaired) electrons. The van der Waals surface area contributed by atoms with Crippen molar-refractivity contribution in [2.45, 2.75) is 51.2 Å². The van der Waals surface area contributed by atoms with Gasteiger partial charge < -0.3 is 24.6 Å². The van der Waals surface area contributed by atoms with E-state index in [2.05, 4.69) is 15.8 Å². The summed E-state index contributed by atoms with van der Waals surface area (Å²) in [5.41, 5.74) is 2.01. The Balaban J connectivity index is 0.000000645. The highest BCUT2D eigenvalue weighted by Crippen LogP contribution is 2.40. The van der Waals surface area contributed by atoms with Crippen molar-refractivity contribution in [3.05, 3.63) is 22.9 Å². The number of nitrogens with zero attached hydrogens (tertiary/aromatic N) is 3. The smallest absolute Gasteiger partial charge is 0.232 e. The predicted molar refractivity (Wildman–Crippen MR) is 113 cm³/mol. The van der Waals surface area contributed by atoms with Crippen molar-refractivity contribution < 1.29 is 14.0 Å². The van der Waals surface area contributed by atoms with Crippen molar-refractivity contribution in [3.63, 3.8) is 0 Å². The molecule has 1 saturated carbocycles. The van der Waals surface area contributed by atoms with Crippen LogP contribution in [0.1, 0.15) is 42.5 Å². The van der Waals surface area contributed by atoms with Crippen LogP contribution in [0.4, 0.5) is 11.6 Å². The molecule has 0 aromatic carbocycles. The zero-order chi connectivity index (χ0) is 20.1. The van der Waals surface area contributed by atoms with Gasteiger partial charge in [-0.3, -0.25) is 0 Å². The third-order valence-electron chi connectivity index (χ3n) is 4.95. The Labute approximate surface area is 174 Å². The molecule has 0 amide bonds. The molecule has 3 aromatic heterocycles. The van der Waals surface area contributed by atoms with Gasteiger partial charge in [-0.15, -0.1) is 11.3 Å². The Hall–Kier alpha value is -2.23. The van der Waals surface area contributed by atoms with Crippen LogP contribution in [0, 0.1) is 0 Å². The summed E-state index contributed by atoms with van der Waals surface area (Å²) >= 11 is 1.67. The maximum Gasteiger partial charge on any atom is 0.232 e. The highest BCUT2D eigenvalue weighted by Gasteiger charge is 2.25. The van der Waals surface area contributed by atoms with Crippen molar-refractivity contribution in [2.75, 3.05) is 26.0 Å². The molecule has 9 heteroatoms. The number of rotatable bonds is 4. The van der Waals surface area contributed by atoms with Crippen LogP contribution in [0.2, 0.25) is 0 Å². The first-order valence-electron chi connectivity index (χ1n) is 10.1. The van der Waals surface area contributed by atoms with E-state index >= 15 is 0 Å². The zero-order valence-corrected chi connectivity index (χ0v) is 17.7. The summed E-state index contributed by atoms with van der Waals surface area (Å²) in [6.45, 7) is 1.38. The van der Waals surface area contributed by atoms with Crippen LogP contribution in [-0.2, 0) is 17.8 Å². The highest BCUT2D eigenvalue weighted by molar-refractivity contribution is 7.18. The van der Waals surface area contributed by atoms with E-state index in [9.17, 15) is 0 Å². The summed E-state index contributed by atoms with van der Waals surface area (Å²) in [4.78, 5) is 11.6. The van der Waals surface area contributed by atoms with Crippen molar-refractivity contribution in [1.82, 2.24) is 20.4 Å². The van der Waals surface area contributed by atoms with Crippen molar-refractivity contribution in [3.8, 4) is 5.88 Å². The van der Waals surface area contributed by atoms with Crippen molar-refractivity contribution >= 4 is 33.2 Å². The summed E-state index contributed by atoms with van der Waals surface area (Å²) in [5.74, 6) is 1.20. The molecular weight excluding hydrogens is 390 g/mol. The topological polar surface area (TPSA) is 94.3 Å². The first kappa shape index (κ1) is 20.1. The molecule has 1 aliphatic heterocycles. The second-order valence-corrected chi connectivity index (χ2v) is 8.34. The van der Waals surface area contributed by atoms with Gasteiger partial charge in [0.1, 0.15) is 22.9 Å². The Morgan fingerprint density at radius 2 is 2.00 bits per heavy atom. The third kappa shape index (κ3) is 4.68. The summed E-state index contributed by atoms with van der Waals surface area (Å²) in [6, 6.07) is 0. The Kier molecular flexibility index (Phi) is 6.58. The summed E-state index contributed by atoms with van der Waals surface area (Å²) < 4.78 is 16.9. The first-order chi connectivity index (χ1) is 14.3. The maximum atomic E-state index is 6.39. The number of anilines is 2. The molecule has 29 heavy (non-hydrogen) atoms. The Morgan fingerprint density at radius 1 is 1.17 bits per heavy atom. The first-order valence-corrected chi connectivity index (χ1v) is 10.9. The van der Waals surface area contributed by atoms with Crippen LogP contribution >= 0.6 is 11.3 Å². The minimum atomic E-state index is 0.237. The molecule has 0 bridgehead atoms. The van der Waals surface area contributed by atoms with Gasteiger partial charge in [0.25, 0.3) is 0 Å². The quantitative estimate of drug-likeness (QED) is 0.657. The van der Waals surface area contributed by atoms with E-state index in [0.29, 0.717) is 18.4 Å². The number of nitrogens with one attached hydrogen (secondary N) is 2. The molecule has 1 aliphatic carbocycles. The molecule has 2 aliphatic rings. The normalized spacial score (nSPS) is 16.8. The lowest BCUT2D eigenvalue weighted by molar-refractivity contribution is 0.114. The van der Waals surface area contributed by atoms with Crippen LogP contribution in [0.15, 0.2) is 17.0 Å². The summed E-state index contributed by atoms with van der Waals surface area (Å²) in [6.07, 6.45) is 10.2. The van der Waals surface area contributed by atoms with Gasteiger partial charge in [0, 0.05) is 4.88 Å². The van der Waals surface area contributed by atoms with Gasteiger partial charge in [0.2, 0.25) is 11.8 Å². The van der Waals surface area contributed by atoms with Gasteiger partial charge in [-0.25, -0.2) is 4.98 Å². The molecule has 0 spiro atoms. The molecule has 2 N–H and O–H groups in total. The molecule has 156 valence electrons. The zero-order valence-electron chi connectivity index (χ0n) is 16.9. The molecular formula is C20H27N5O3S. The molecule has 1 fully saturated rings. The lowest BCUT2D eigenvalue weighted by atomic mass is 9.98. The SMILES string of the molecule is CNC.c1nocc1Nc1nc(OC2CCCCC2)c2c3c(sc2n1)COCC3. The van der Waals surface area contributed by atoms with Crippen LogP contribution < -0.4 is 15.4 Å². The van der Waals surface area contributed by atoms with Crippen LogP contribution in [0.3, 0.4) is 0 Å². The molecule has 4 heterocycles. The van der Waals surface area contributed by atoms with Crippen LogP contribution in [0.25, 0.3) is 10.2 Å². The number of thiophene rings is 1. The van der Waals surface area contributed by atoms with Crippen molar-refractivity contribution in [2.24, 2.45) is 0 Å². The fraction of sp³-hybridized carbons (Fsp3) is 0.550. The summed E-state index contributed by atoms with van der Waals surface area (Å²) in [7, 11) is 3.75. The van der Waals surface area contributed by atoms with E-state index < -0.39 is 0 Å². The van der Waals surface area contributed by atoms with Gasteiger partial charge in [-0.2, -0.15) is 4.98 Å². The van der Waals surface area contributed by atoms with Crippen LogP contribution in [-0.4, -0.2) is 41.9 Å². The van der Waals surface area contributed by atoms with E-state index in [1.807, 2.05) is 14.1 Å². The minimum absolute atomic E-state index is 0.237. The van der Waals surface area contributed by atoms with Gasteiger partial charge in [-0.05, 0) is 51.8 Å². The third-order valence-corrected chi connectivity index (χ3v) is 6.05. The fourth-order valence-electron chi connectivity index (χ4n) is 3.67. The van der Waals surface area contributed by atoms with Gasteiger partial charge in [0.05, 0.1) is 24.8 Å². The molecule has 3 aromatic rings. The number of hydrogen-bond acceptors (Lipinski definition) is 9. The molecule has 0 saturated heterocycles. The molecule has 5 rings (SSSR count). The van der Waals surface area contributed by atoms with Crippen LogP contribution in [0.5, 0.6) is 5.88 Å². The Morgan fingerprint density at radius 3 is 2.76 bits per heavy atom. The minimum Gasteiger partial charge on any atom is -0.474 e. The number of aromatic nitrogens is 3. The van der Waals surface area contributed by atoms with Gasteiger partial charge in [-0.1, -0.05) is 11.6 Å². The van der Waals surface area contributed by atoms with E-state index in [1.165, 1.54) is 36.0 Å². The largest absolute Gasteiger partial charge is 0.474 e. The fourth-order valence-corrected chi connectivity index (χ4v) is 4.82. The second kappa shape index (κ2) is 9.51. The average molecular weight is 418 g/mol. The average Bonchev–Trinajstić information content (AvgIpc) is 3.36. The predicted octanol–water partition coefficient (Wildman–Crippen LogP) is 4.04. The van der Waals surface area contributed by atoms with E-state index in [-0.39, 0.29) is 6.10 Å².